The second-order valence-corrected chi connectivity index (χ2v) is 7.00. The van der Waals surface area contributed by atoms with Gasteiger partial charge in [0.15, 0.2) is 12.4 Å². The fourth-order valence-corrected chi connectivity index (χ4v) is 3.13. The first-order valence-electron chi connectivity index (χ1n) is 9.39. The molecule has 0 spiro atoms. The van der Waals surface area contributed by atoms with Crippen LogP contribution in [-0.4, -0.2) is 34.0 Å². The van der Waals surface area contributed by atoms with Gasteiger partial charge in [-0.05, 0) is 25.1 Å². The lowest BCUT2D eigenvalue weighted by molar-refractivity contribution is -0.142. The molecule has 158 valence electrons. The molecule has 0 fully saturated rings. The van der Waals surface area contributed by atoms with Crippen molar-refractivity contribution in [3.8, 4) is 0 Å². The van der Waals surface area contributed by atoms with Crippen LogP contribution < -0.4 is 5.32 Å². The Kier molecular flexibility index (Phi) is 6.99. The third kappa shape index (κ3) is 5.46. The quantitative estimate of drug-likeness (QED) is 0.345. The zero-order valence-electron chi connectivity index (χ0n) is 17.0. The van der Waals surface area contributed by atoms with E-state index in [0.717, 1.165) is 0 Å². The topological polar surface area (TPSA) is 90.3 Å². The molecule has 3 rings (SSSR count). The lowest BCUT2D eigenvalue weighted by Gasteiger charge is -2.10. The Morgan fingerprint density at radius 3 is 2.45 bits per heavy atom. The van der Waals surface area contributed by atoms with Crippen LogP contribution in [0.4, 0.5) is 5.69 Å². The van der Waals surface area contributed by atoms with Gasteiger partial charge in [-0.1, -0.05) is 54.1 Å². The summed E-state index contributed by atoms with van der Waals surface area (Å²) in [6.07, 6.45) is 2.66. The number of benzene rings is 2. The van der Waals surface area contributed by atoms with Gasteiger partial charge in [-0.15, -0.1) is 0 Å². The fourth-order valence-electron chi connectivity index (χ4n) is 2.89. The average Bonchev–Trinajstić information content (AvgIpc) is 3.02. The minimum atomic E-state index is -0.705. The molecule has 0 aliphatic heterocycles. The van der Waals surface area contributed by atoms with E-state index >= 15 is 0 Å². The summed E-state index contributed by atoms with van der Waals surface area (Å²) in [4.78, 5) is 36.9. The summed E-state index contributed by atoms with van der Waals surface area (Å²) >= 11 is 6.11. The van der Waals surface area contributed by atoms with E-state index in [2.05, 4.69) is 10.4 Å². The van der Waals surface area contributed by atoms with Crippen LogP contribution in [0.2, 0.25) is 5.15 Å². The summed E-state index contributed by atoms with van der Waals surface area (Å²) in [5, 5.41) is 7.15. The maximum atomic E-state index is 12.7. The van der Waals surface area contributed by atoms with Crippen molar-refractivity contribution in [2.75, 3.05) is 11.9 Å². The molecular weight excluding hydrogens is 418 g/mol. The van der Waals surface area contributed by atoms with Gasteiger partial charge in [0.25, 0.3) is 5.91 Å². The Morgan fingerprint density at radius 1 is 1.10 bits per heavy atom. The summed E-state index contributed by atoms with van der Waals surface area (Å²) in [6, 6.07) is 15.4. The van der Waals surface area contributed by atoms with Crippen LogP contribution in [0.25, 0.3) is 6.08 Å². The summed E-state index contributed by atoms with van der Waals surface area (Å²) in [5.74, 6) is -1.49. The lowest BCUT2D eigenvalue weighted by atomic mass is 10.0. The van der Waals surface area contributed by atoms with Crippen molar-refractivity contribution in [2.24, 2.45) is 7.05 Å². The molecule has 1 heterocycles. The number of hydrogen-bond acceptors (Lipinski definition) is 5. The summed E-state index contributed by atoms with van der Waals surface area (Å²) in [6.45, 7) is 1.26. The number of para-hydroxylation sites is 1. The van der Waals surface area contributed by atoms with Crippen LogP contribution in [0.15, 0.2) is 60.7 Å². The molecule has 3 aromatic rings. The first-order valence-corrected chi connectivity index (χ1v) is 9.77. The van der Waals surface area contributed by atoms with Gasteiger partial charge in [0.2, 0.25) is 0 Å². The zero-order valence-corrected chi connectivity index (χ0v) is 17.7. The number of nitrogens with one attached hydrogen (secondary N) is 1. The van der Waals surface area contributed by atoms with Gasteiger partial charge in [-0.3, -0.25) is 14.3 Å². The van der Waals surface area contributed by atoms with E-state index in [-0.39, 0.29) is 5.78 Å². The van der Waals surface area contributed by atoms with Gasteiger partial charge < -0.3 is 10.1 Å². The van der Waals surface area contributed by atoms with E-state index in [1.54, 1.807) is 62.5 Å². The molecule has 0 saturated carbocycles. The number of anilines is 1. The van der Waals surface area contributed by atoms with Crippen LogP contribution in [0.5, 0.6) is 0 Å². The Morgan fingerprint density at radius 2 is 1.77 bits per heavy atom. The molecule has 0 atom stereocenters. The van der Waals surface area contributed by atoms with E-state index in [4.69, 9.17) is 16.3 Å². The van der Waals surface area contributed by atoms with Crippen LogP contribution in [-0.2, 0) is 21.4 Å². The molecular formula is C23H20ClN3O4. The predicted molar refractivity (Wildman–Crippen MR) is 118 cm³/mol. The molecule has 1 N–H and O–H groups in total. The van der Waals surface area contributed by atoms with E-state index < -0.39 is 18.5 Å². The second kappa shape index (κ2) is 9.86. The number of aryl methyl sites for hydroxylation is 2. The molecule has 0 bridgehead atoms. The molecule has 0 aliphatic carbocycles. The molecule has 0 saturated heterocycles. The third-order valence-electron chi connectivity index (χ3n) is 4.41. The number of ketones is 1. The number of rotatable bonds is 7. The van der Waals surface area contributed by atoms with Crippen molar-refractivity contribution < 1.29 is 19.1 Å². The Balaban J connectivity index is 1.61. The fraction of sp³-hybridized carbons (Fsp3) is 0.130. The lowest BCUT2D eigenvalue weighted by Crippen LogP contribution is -2.21. The Labute approximate surface area is 184 Å². The molecule has 31 heavy (non-hydrogen) atoms. The highest BCUT2D eigenvalue weighted by Gasteiger charge is 2.15. The highest BCUT2D eigenvalue weighted by Crippen LogP contribution is 2.20. The molecule has 1 amide bonds. The minimum Gasteiger partial charge on any atom is -0.452 e. The number of halogens is 1. The molecule has 0 unspecified atom stereocenters. The number of carbonyl (C=O) groups is 3. The molecule has 0 radical (unpaired) electrons. The predicted octanol–water partition coefficient (Wildman–Crippen LogP) is 3.81. The Hall–Kier alpha value is -3.71. The number of amides is 1. The second-order valence-electron chi connectivity index (χ2n) is 6.64. The van der Waals surface area contributed by atoms with Gasteiger partial charge in [-0.2, -0.15) is 5.10 Å². The smallest absolute Gasteiger partial charge is 0.331 e. The molecule has 8 heteroatoms. The van der Waals surface area contributed by atoms with Crippen molar-refractivity contribution >= 4 is 41.0 Å². The van der Waals surface area contributed by atoms with Crippen molar-refractivity contribution in [1.29, 1.82) is 0 Å². The maximum absolute atomic E-state index is 12.7. The van der Waals surface area contributed by atoms with Crippen LogP contribution in [0.1, 0.15) is 27.2 Å². The number of ether oxygens (including phenoxy) is 1. The summed E-state index contributed by atoms with van der Waals surface area (Å²) in [5.41, 5.74) is 2.44. The zero-order chi connectivity index (χ0) is 22.4. The van der Waals surface area contributed by atoms with E-state index in [1.807, 2.05) is 6.07 Å². The number of nitrogens with zero attached hydrogens (tertiary/aromatic N) is 2. The van der Waals surface area contributed by atoms with E-state index in [0.29, 0.717) is 33.2 Å². The molecule has 0 aliphatic rings. The number of aromatic nitrogens is 2. The summed E-state index contributed by atoms with van der Waals surface area (Å²) < 4.78 is 6.47. The van der Waals surface area contributed by atoms with Gasteiger partial charge in [0, 0.05) is 29.8 Å². The molecule has 2 aromatic carbocycles. The maximum Gasteiger partial charge on any atom is 0.331 e. The van der Waals surface area contributed by atoms with E-state index in [9.17, 15) is 14.4 Å². The van der Waals surface area contributed by atoms with Gasteiger partial charge in [0.05, 0.1) is 11.4 Å². The van der Waals surface area contributed by atoms with Gasteiger partial charge in [-0.25, -0.2) is 4.79 Å². The van der Waals surface area contributed by atoms with Crippen molar-refractivity contribution in [1.82, 2.24) is 9.78 Å². The average molecular weight is 438 g/mol. The van der Waals surface area contributed by atoms with Crippen LogP contribution in [0.3, 0.4) is 0 Å². The SMILES string of the molecule is Cc1nn(C)c(Cl)c1/C=C/C(=O)OCC(=O)Nc1ccccc1C(=O)c1ccccc1. The van der Waals surface area contributed by atoms with Crippen molar-refractivity contribution in [3.63, 3.8) is 0 Å². The van der Waals surface area contributed by atoms with E-state index in [1.165, 1.54) is 16.8 Å². The number of hydrogen-bond donors (Lipinski definition) is 1. The normalized spacial score (nSPS) is 10.8. The standard InChI is InChI=1S/C23H20ClN3O4/c1-15-17(23(24)27(2)26-15)12-13-21(29)31-14-20(28)25-19-11-7-6-10-18(19)22(30)16-8-4-3-5-9-16/h3-13H,14H2,1-2H3,(H,25,28)/b13-12+. The van der Waals surface area contributed by atoms with Crippen LogP contribution >= 0.6 is 11.6 Å². The molecule has 7 nitrogen and oxygen atoms in total. The highest BCUT2D eigenvalue weighted by atomic mass is 35.5. The van der Waals surface area contributed by atoms with Crippen molar-refractivity contribution in [2.45, 2.75) is 6.92 Å². The van der Waals surface area contributed by atoms with Gasteiger partial charge in [0.1, 0.15) is 5.15 Å². The van der Waals surface area contributed by atoms with Crippen molar-refractivity contribution in [3.05, 3.63) is 88.2 Å². The number of esters is 1. The monoisotopic (exact) mass is 437 g/mol. The third-order valence-corrected chi connectivity index (χ3v) is 4.86. The van der Waals surface area contributed by atoms with Gasteiger partial charge >= 0.3 is 5.97 Å². The highest BCUT2D eigenvalue weighted by molar-refractivity contribution is 6.31. The van der Waals surface area contributed by atoms with Crippen LogP contribution in [0, 0.1) is 6.92 Å². The first-order chi connectivity index (χ1) is 14.9. The number of carbonyl (C=O) groups excluding carboxylic acids is 3. The largest absolute Gasteiger partial charge is 0.452 e. The summed E-state index contributed by atoms with van der Waals surface area (Å²) in [7, 11) is 1.69. The minimum absolute atomic E-state index is 0.222. The molecule has 1 aromatic heterocycles. The first kappa shape index (κ1) is 22.0. The Bertz CT molecular complexity index is 1150.